The SMILES string of the molecule is CSCCC(C)N(C)c1ccc(C)cc1C#N. The highest BCUT2D eigenvalue weighted by atomic mass is 32.2. The van der Waals surface area contributed by atoms with Crippen molar-refractivity contribution >= 4 is 17.4 Å². The van der Waals surface area contributed by atoms with E-state index in [1.807, 2.05) is 30.8 Å². The van der Waals surface area contributed by atoms with E-state index < -0.39 is 0 Å². The number of hydrogen-bond acceptors (Lipinski definition) is 3. The molecule has 0 spiro atoms. The van der Waals surface area contributed by atoms with Crippen LogP contribution in [0.1, 0.15) is 24.5 Å². The van der Waals surface area contributed by atoms with Gasteiger partial charge >= 0.3 is 0 Å². The molecule has 0 bridgehead atoms. The zero-order chi connectivity index (χ0) is 12.8. The summed E-state index contributed by atoms with van der Waals surface area (Å²) in [4.78, 5) is 2.20. The molecule has 0 aromatic heterocycles. The molecule has 1 aromatic carbocycles. The third-order valence-corrected chi connectivity index (χ3v) is 3.70. The van der Waals surface area contributed by atoms with Crippen LogP contribution in [0.3, 0.4) is 0 Å². The van der Waals surface area contributed by atoms with Gasteiger partial charge < -0.3 is 4.90 Å². The van der Waals surface area contributed by atoms with Crippen LogP contribution < -0.4 is 4.90 Å². The van der Waals surface area contributed by atoms with E-state index in [0.29, 0.717) is 6.04 Å². The molecular formula is C14H20N2S. The lowest BCUT2D eigenvalue weighted by atomic mass is 10.1. The molecule has 0 saturated carbocycles. The second kappa shape index (κ2) is 6.56. The largest absolute Gasteiger partial charge is 0.371 e. The van der Waals surface area contributed by atoms with Crippen molar-refractivity contribution in [2.75, 3.05) is 24.0 Å². The van der Waals surface area contributed by atoms with Crippen LogP contribution in [0.15, 0.2) is 18.2 Å². The minimum atomic E-state index is 0.456. The minimum Gasteiger partial charge on any atom is -0.371 e. The molecule has 2 nitrogen and oxygen atoms in total. The van der Waals surface area contributed by atoms with Crippen LogP contribution >= 0.6 is 11.8 Å². The first-order valence-corrected chi connectivity index (χ1v) is 7.22. The van der Waals surface area contributed by atoms with E-state index >= 15 is 0 Å². The first-order valence-electron chi connectivity index (χ1n) is 5.82. The standard InChI is InChI=1S/C14H20N2S/c1-11-5-6-14(13(9-11)10-15)16(3)12(2)7-8-17-4/h5-6,9,12H,7-8H2,1-4H3. The smallest absolute Gasteiger partial charge is 0.101 e. The number of nitrogens with zero attached hydrogens (tertiary/aromatic N) is 2. The molecular weight excluding hydrogens is 228 g/mol. The molecule has 92 valence electrons. The zero-order valence-corrected chi connectivity index (χ0v) is 11.8. The van der Waals surface area contributed by atoms with E-state index in [2.05, 4.69) is 37.3 Å². The highest BCUT2D eigenvalue weighted by Crippen LogP contribution is 2.23. The Hall–Kier alpha value is -1.14. The van der Waals surface area contributed by atoms with Crippen molar-refractivity contribution in [1.82, 2.24) is 0 Å². The first-order chi connectivity index (χ1) is 8.10. The number of anilines is 1. The van der Waals surface area contributed by atoms with Gasteiger partial charge in [-0.25, -0.2) is 0 Å². The quantitative estimate of drug-likeness (QED) is 0.798. The Bertz CT molecular complexity index is 409. The van der Waals surface area contributed by atoms with Crippen LogP contribution in [0, 0.1) is 18.3 Å². The topological polar surface area (TPSA) is 27.0 Å². The predicted octanol–water partition coefficient (Wildman–Crippen LogP) is 3.44. The van der Waals surface area contributed by atoms with Crippen LogP contribution in [0.25, 0.3) is 0 Å². The van der Waals surface area contributed by atoms with Crippen molar-refractivity contribution in [3.05, 3.63) is 29.3 Å². The molecule has 0 aliphatic heterocycles. The van der Waals surface area contributed by atoms with Gasteiger partial charge in [-0.3, -0.25) is 0 Å². The van der Waals surface area contributed by atoms with Crippen molar-refractivity contribution in [3.63, 3.8) is 0 Å². The van der Waals surface area contributed by atoms with Gasteiger partial charge in [0.1, 0.15) is 6.07 Å². The lowest BCUT2D eigenvalue weighted by Crippen LogP contribution is -2.29. The van der Waals surface area contributed by atoms with Gasteiger partial charge in [0.15, 0.2) is 0 Å². The first kappa shape index (κ1) is 13.9. The van der Waals surface area contributed by atoms with E-state index in [0.717, 1.165) is 29.0 Å². The summed E-state index contributed by atoms with van der Waals surface area (Å²) in [7, 11) is 2.07. The van der Waals surface area contributed by atoms with Crippen molar-refractivity contribution in [1.29, 1.82) is 5.26 Å². The summed E-state index contributed by atoms with van der Waals surface area (Å²) < 4.78 is 0. The average molecular weight is 248 g/mol. The fourth-order valence-electron chi connectivity index (χ4n) is 1.77. The summed E-state index contributed by atoms with van der Waals surface area (Å²) in [5.41, 5.74) is 2.94. The Kier molecular flexibility index (Phi) is 5.37. The van der Waals surface area contributed by atoms with Crippen molar-refractivity contribution in [3.8, 4) is 6.07 Å². The maximum Gasteiger partial charge on any atom is 0.101 e. The predicted molar refractivity (Wildman–Crippen MR) is 76.8 cm³/mol. The maximum absolute atomic E-state index is 9.17. The second-order valence-corrected chi connectivity index (χ2v) is 5.36. The third kappa shape index (κ3) is 3.67. The summed E-state index contributed by atoms with van der Waals surface area (Å²) in [6, 6.07) is 8.80. The maximum atomic E-state index is 9.17. The molecule has 0 fully saturated rings. The van der Waals surface area contributed by atoms with E-state index in [9.17, 15) is 0 Å². The number of benzene rings is 1. The molecule has 1 rings (SSSR count). The Balaban J connectivity index is 2.88. The van der Waals surface area contributed by atoms with E-state index in [1.165, 1.54) is 0 Å². The van der Waals surface area contributed by atoms with Gasteiger partial charge in [-0.15, -0.1) is 0 Å². The van der Waals surface area contributed by atoms with Gasteiger partial charge in [-0.1, -0.05) is 6.07 Å². The second-order valence-electron chi connectivity index (χ2n) is 4.37. The van der Waals surface area contributed by atoms with Crippen molar-refractivity contribution in [2.24, 2.45) is 0 Å². The summed E-state index contributed by atoms with van der Waals surface area (Å²) in [5.74, 6) is 1.15. The fraction of sp³-hybridized carbons (Fsp3) is 0.500. The van der Waals surface area contributed by atoms with Gasteiger partial charge in [0.2, 0.25) is 0 Å². The average Bonchev–Trinajstić information content (AvgIpc) is 2.34. The Morgan fingerprint density at radius 1 is 1.47 bits per heavy atom. The molecule has 1 atom stereocenters. The number of rotatable bonds is 5. The zero-order valence-electron chi connectivity index (χ0n) is 11.0. The van der Waals surface area contributed by atoms with Crippen LogP contribution in [-0.4, -0.2) is 25.1 Å². The van der Waals surface area contributed by atoms with E-state index in [4.69, 9.17) is 5.26 Å². The third-order valence-electron chi connectivity index (χ3n) is 3.05. The van der Waals surface area contributed by atoms with E-state index in [1.54, 1.807) is 0 Å². The molecule has 0 radical (unpaired) electrons. The van der Waals surface area contributed by atoms with Gasteiger partial charge in [0.05, 0.1) is 11.3 Å². The normalized spacial score (nSPS) is 11.9. The summed E-state index contributed by atoms with van der Waals surface area (Å²) in [5, 5.41) is 9.17. The number of aryl methyl sites for hydroxylation is 1. The van der Waals surface area contributed by atoms with Crippen molar-refractivity contribution < 1.29 is 0 Å². The molecule has 0 N–H and O–H groups in total. The monoisotopic (exact) mass is 248 g/mol. The minimum absolute atomic E-state index is 0.456. The Labute approximate surface area is 109 Å². The molecule has 0 heterocycles. The van der Waals surface area contributed by atoms with Gasteiger partial charge in [-0.2, -0.15) is 17.0 Å². The highest BCUT2D eigenvalue weighted by Gasteiger charge is 2.13. The molecule has 0 amide bonds. The number of thioether (sulfide) groups is 1. The Morgan fingerprint density at radius 3 is 2.76 bits per heavy atom. The summed E-state index contributed by atoms with van der Waals surface area (Å²) in [6.07, 6.45) is 3.26. The molecule has 0 aliphatic rings. The molecule has 1 aromatic rings. The summed E-state index contributed by atoms with van der Waals surface area (Å²) >= 11 is 1.86. The van der Waals surface area contributed by atoms with Gasteiger partial charge in [-0.05, 0) is 50.0 Å². The lowest BCUT2D eigenvalue weighted by molar-refractivity contribution is 0.669. The molecule has 3 heteroatoms. The van der Waals surface area contributed by atoms with Crippen molar-refractivity contribution in [2.45, 2.75) is 26.3 Å². The van der Waals surface area contributed by atoms with Crippen LogP contribution in [0.4, 0.5) is 5.69 Å². The van der Waals surface area contributed by atoms with Gasteiger partial charge in [0.25, 0.3) is 0 Å². The van der Waals surface area contributed by atoms with Crippen LogP contribution in [0.2, 0.25) is 0 Å². The fourth-order valence-corrected chi connectivity index (χ4v) is 2.34. The number of nitriles is 1. The van der Waals surface area contributed by atoms with E-state index in [-0.39, 0.29) is 0 Å². The van der Waals surface area contributed by atoms with Crippen LogP contribution in [-0.2, 0) is 0 Å². The van der Waals surface area contributed by atoms with Gasteiger partial charge in [0, 0.05) is 13.1 Å². The lowest BCUT2D eigenvalue weighted by Gasteiger charge is -2.27. The summed E-state index contributed by atoms with van der Waals surface area (Å²) in [6.45, 7) is 4.22. The molecule has 1 unspecified atom stereocenters. The molecule has 0 saturated heterocycles. The number of hydrogen-bond donors (Lipinski definition) is 0. The molecule has 0 aliphatic carbocycles. The Morgan fingerprint density at radius 2 is 2.18 bits per heavy atom. The molecule has 17 heavy (non-hydrogen) atoms. The highest BCUT2D eigenvalue weighted by molar-refractivity contribution is 7.98. The van der Waals surface area contributed by atoms with Crippen LogP contribution in [0.5, 0.6) is 0 Å².